The van der Waals surface area contributed by atoms with Gasteiger partial charge in [-0.3, -0.25) is 4.79 Å². The summed E-state index contributed by atoms with van der Waals surface area (Å²) >= 11 is 0. The van der Waals surface area contributed by atoms with Crippen molar-refractivity contribution in [2.45, 2.75) is 45.1 Å². The SMILES string of the molecule is O=C(Nc1ncnc2c1cnn2CCN1CCCC1)C1CCCC1.O=C(O)C=CC(=O)O. The number of amides is 1. The minimum Gasteiger partial charge on any atom is -0.478 e. The number of fused-ring (bicyclic) bond motifs is 1. The molecule has 3 N–H and O–H groups in total. The minimum absolute atomic E-state index is 0.0808. The molecular weight excluding hydrogens is 416 g/mol. The van der Waals surface area contributed by atoms with Crippen molar-refractivity contribution in [3.63, 3.8) is 0 Å². The van der Waals surface area contributed by atoms with Crippen LogP contribution in [0.4, 0.5) is 5.82 Å². The van der Waals surface area contributed by atoms with Crippen molar-refractivity contribution >= 4 is 34.7 Å². The molecule has 1 saturated heterocycles. The summed E-state index contributed by atoms with van der Waals surface area (Å²) in [5, 5.41) is 23.9. The van der Waals surface area contributed by atoms with Gasteiger partial charge in [0.25, 0.3) is 0 Å². The van der Waals surface area contributed by atoms with Gasteiger partial charge in [0.05, 0.1) is 18.1 Å². The molecule has 2 aromatic heterocycles. The van der Waals surface area contributed by atoms with Gasteiger partial charge in [-0.05, 0) is 38.8 Å². The number of rotatable bonds is 7. The van der Waals surface area contributed by atoms with E-state index in [-0.39, 0.29) is 11.8 Å². The van der Waals surface area contributed by atoms with Crippen LogP contribution in [-0.2, 0) is 20.9 Å². The first-order valence-electron chi connectivity index (χ1n) is 10.8. The number of carboxylic acids is 2. The Morgan fingerprint density at radius 2 is 1.66 bits per heavy atom. The predicted molar refractivity (Wildman–Crippen MR) is 116 cm³/mol. The Kier molecular flexibility index (Phi) is 8.26. The van der Waals surface area contributed by atoms with Gasteiger partial charge in [0.15, 0.2) is 5.65 Å². The Labute approximate surface area is 185 Å². The molecule has 2 fully saturated rings. The molecule has 4 rings (SSSR count). The Morgan fingerprint density at radius 1 is 1.00 bits per heavy atom. The first-order chi connectivity index (χ1) is 15.4. The number of hydrogen-bond donors (Lipinski definition) is 3. The van der Waals surface area contributed by atoms with Gasteiger partial charge < -0.3 is 20.4 Å². The minimum atomic E-state index is -1.26. The smallest absolute Gasteiger partial charge is 0.328 e. The van der Waals surface area contributed by atoms with Crippen LogP contribution in [0.2, 0.25) is 0 Å². The van der Waals surface area contributed by atoms with Crippen LogP contribution in [-0.4, -0.2) is 72.3 Å². The lowest BCUT2D eigenvalue weighted by atomic mass is 10.1. The second kappa shape index (κ2) is 11.3. The Hall–Kier alpha value is -3.34. The van der Waals surface area contributed by atoms with Gasteiger partial charge in [0.2, 0.25) is 5.91 Å². The van der Waals surface area contributed by atoms with E-state index in [1.165, 1.54) is 32.3 Å². The van der Waals surface area contributed by atoms with Crippen LogP contribution in [0.3, 0.4) is 0 Å². The van der Waals surface area contributed by atoms with Gasteiger partial charge in [0, 0.05) is 24.6 Å². The third kappa shape index (κ3) is 6.58. The van der Waals surface area contributed by atoms with Crippen LogP contribution in [0, 0.1) is 5.92 Å². The molecule has 0 spiro atoms. The largest absolute Gasteiger partial charge is 0.478 e. The Balaban J connectivity index is 0.000000312. The molecule has 0 unspecified atom stereocenters. The number of carbonyl (C=O) groups excluding carboxylic acids is 1. The molecule has 1 aliphatic carbocycles. The fourth-order valence-electron chi connectivity index (χ4n) is 3.95. The molecule has 0 aromatic carbocycles. The molecule has 1 amide bonds. The maximum absolute atomic E-state index is 12.4. The molecule has 2 aliphatic rings. The standard InChI is InChI=1S/C17H24N6O.C4H4O4/c24-17(13-5-1-2-6-13)21-15-14-11-20-23(16(14)19-12-18-15)10-9-22-7-3-4-8-22;5-3(6)1-2-4(7)8/h11-13H,1-10H2,(H,18,19,21,24);1-2H,(H,5,6)(H,7,8). The van der Waals surface area contributed by atoms with Crippen molar-refractivity contribution < 1.29 is 24.6 Å². The number of carbonyl (C=O) groups is 3. The number of carboxylic acid groups (broad SMARTS) is 2. The molecular formula is C21H28N6O5. The molecule has 2 aromatic rings. The summed E-state index contributed by atoms with van der Waals surface area (Å²) in [5.74, 6) is -1.72. The summed E-state index contributed by atoms with van der Waals surface area (Å²) in [6.45, 7) is 4.16. The fourth-order valence-corrected chi connectivity index (χ4v) is 3.95. The Morgan fingerprint density at radius 3 is 2.28 bits per heavy atom. The summed E-state index contributed by atoms with van der Waals surface area (Å²) in [5.41, 5.74) is 0.797. The first-order valence-corrected chi connectivity index (χ1v) is 10.8. The second-order valence-electron chi connectivity index (χ2n) is 7.86. The lowest BCUT2D eigenvalue weighted by molar-refractivity contribution is -0.134. The predicted octanol–water partition coefficient (Wildman–Crippen LogP) is 1.76. The molecule has 1 aliphatic heterocycles. The zero-order valence-electron chi connectivity index (χ0n) is 17.8. The van der Waals surface area contributed by atoms with Crippen molar-refractivity contribution in [1.29, 1.82) is 0 Å². The van der Waals surface area contributed by atoms with Gasteiger partial charge in [-0.25, -0.2) is 24.2 Å². The summed E-state index contributed by atoms with van der Waals surface area (Å²) in [6.07, 6.45) is 11.2. The van der Waals surface area contributed by atoms with Gasteiger partial charge in [-0.1, -0.05) is 12.8 Å². The van der Waals surface area contributed by atoms with Crippen molar-refractivity contribution in [1.82, 2.24) is 24.6 Å². The highest BCUT2D eigenvalue weighted by Gasteiger charge is 2.24. The highest BCUT2D eigenvalue weighted by atomic mass is 16.4. The van der Waals surface area contributed by atoms with E-state index in [1.807, 2.05) is 4.68 Å². The van der Waals surface area contributed by atoms with Crippen LogP contribution >= 0.6 is 0 Å². The van der Waals surface area contributed by atoms with Crippen molar-refractivity contribution in [2.24, 2.45) is 5.92 Å². The lowest BCUT2D eigenvalue weighted by Crippen LogP contribution is -2.24. The molecule has 11 heteroatoms. The fraction of sp³-hybridized carbons (Fsp3) is 0.524. The van der Waals surface area contributed by atoms with Crippen LogP contribution in [0.25, 0.3) is 11.0 Å². The topological polar surface area (TPSA) is 151 Å². The van der Waals surface area contributed by atoms with E-state index < -0.39 is 11.9 Å². The quantitative estimate of drug-likeness (QED) is 0.543. The van der Waals surface area contributed by atoms with Gasteiger partial charge >= 0.3 is 11.9 Å². The van der Waals surface area contributed by atoms with E-state index in [2.05, 4.69) is 25.3 Å². The van der Waals surface area contributed by atoms with E-state index in [0.29, 0.717) is 18.0 Å². The molecule has 172 valence electrons. The van der Waals surface area contributed by atoms with Crippen LogP contribution in [0.1, 0.15) is 38.5 Å². The normalized spacial score (nSPS) is 16.9. The molecule has 0 bridgehead atoms. The molecule has 0 radical (unpaired) electrons. The van der Waals surface area contributed by atoms with Gasteiger partial charge in [-0.15, -0.1) is 0 Å². The number of aromatic nitrogens is 4. The van der Waals surface area contributed by atoms with Crippen molar-refractivity contribution in [3.8, 4) is 0 Å². The number of anilines is 1. The molecule has 32 heavy (non-hydrogen) atoms. The van der Waals surface area contributed by atoms with Crippen LogP contribution < -0.4 is 5.32 Å². The summed E-state index contributed by atoms with van der Waals surface area (Å²) in [7, 11) is 0. The number of nitrogens with one attached hydrogen (secondary N) is 1. The molecule has 0 atom stereocenters. The summed E-state index contributed by atoms with van der Waals surface area (Å²) in [6, 6.07) is 0. The first kappa shape index (κ1) is 23.3. The zero-order chi connectivity index (χ0) is 22.9. The van der Waals surface area contributed by atoms with E-state index in [1.54, 1.807) is 6.20 Å². The van der Waals surface area contributed by atoms with E-state index >= 15 is 0 Å². The average Bonchev–Trinajstić information content (AvgIpc) is 3.53. The number of hydrogen-bond acceptors (Lipinski definition) is 7. The van der Waals surface area contributed by atoms with E-state index in [9.17, 15) is 14.4 Å². The summed E-state index contributed by atoms with van der Waals surface area (Å²) < 4.78 is 1.92. The molecule has 1 saturated carbocycles. The van der Waals surface area contributed by atoms with Gasteiger partial charge in [-0.2, -0.15) is 5.10 Å². The van der Waals surface area contributed by atoms with Crippen LogP contribution in [0.5, 0.6) is 0 Å². The van der Waals surface area contributed by atoms with Crippen molar-refractivity contribution in [3.05, 3.63) is 24.7 Å². The summed E-state index contributed by atoms with van der Waals surface area (Å²) in [4.78, 5) is 42.6. The van der Waals surface area contributed by atoms with Crippen molar-refractivity contribution in [2.75, 3.05) is 25.0 Å². The highest BCUT2D eigenvalue weighted by molar-refractivity contribution is 5.99. The zero-order valence-corrected chi connectivity index (χ0v) is 17.8. The monoisotopic (exact) mass is 444 g/mol. The third-order valence-corrected chi connectivity index (χ3v) is 5.60. The highest BCUT2D eigenvalue weighted by Crippen LogP contribution is 2.27. The molecule has 11 nitrogen and oxygen atoms in total. The maximum Gasteiger partial charge on any atom is 0.328 e. The third-order valence-electron chi connectivity index (χ3n) is 5.60. The van der Waals surface area contributed by atoms with Crippen LogP contribution in [0.15, 0.2) is 24.7 Å². The Bertz CT molecular complexity index is 960. The van der Waals surface area contributed by atoms with Gasteiger partial charge in [0.1, 0.15) is 12.1 Å². The van der Waals surface area contributed by atoms with E-state index in [4.69, 9.17) is 10.2 Å². The van der Waals surface area contributed by atoms with E-state index in [0.717, 1.165) is 49.8 Å². The lowest BCUT2D eigenvalue weighted by Gasteiger charge is -2.14. The number of likely N-dealkylation sites (tertiary alicyclic amines) is 1. The maximum atomic E-state index is 12.4. The second-order valence-corrected chi connectivity index (χ2v) is 7.86. The number of nitrogens with zero attached hydrogens (tertiary/aromatic N) is 5. The number of aliphatic carboxylic acids is 2. The average molecular weight is 444 g/mol. The molecule has 3 heterocycles.